The predicted molar refractivity (Wildman–Crippen MR) is 62.2 cm³/mol. The van der Waals surface area contributed by atoms with Gasteiger partial charge in [0.25, 0.3) is 0 Å². The number of hydrogen-bond donors (Lipinski definition) is 0. The molecule has 0 heterocycles. The minimum atomic E-state index is 1.25. The van der Waals surface area contributed by atoms with Crippen LogP contribution in [0.5, 0.6) is 0 Å². The van der Waals surface area contributed by atoms with Crippen LogP contribution >= 0.6 is 0 Å². The van der Waals surface area contributed by atoms with Gasteiger partial charge in [-0.05, 0) is 53.4 Å². The maximum atomic E-state index is 2.28. The molecule has 14 heavy (non-hydrogen) atoms. The fourth-order valence-corrected chi connectivity index (χ4v) is 2.51. The number of rotatable bonds is 0. The molecular weight excluding hydrogens is 168 g/mol. The van der Waals surface area contributed by atoms with Crippen LogP contribution in [-0.4, -0.2) is 0 Å². The van der Waals surface area contributed by atoms with Gasteiger partial charge >= 0.3 is 0 Å². The van der Waals surface area contributed by atoms with Crippen LogP contribution in [-0.2, 0) is 0 Å². The van der Waals surface area contributed by atoms with E-state index in [1.165, 1.54) is 25.7 Å². The standard InChI is InChI=1S/C14H20/c1-9-5-13(6-10(9)2)14-7-11(3)12(4)8-14/h5-8H2,1-4H3. The summed E-state index contributed by atoms with van der Waals surface area (Å²) in [6, 6.07) is 0. The molecule has 0 bridgehead atoms. The summed E-state index contributed by atoms with van der Waals surface area (Å²) in [5.74, 6) is 0. The van der Waals surface area contributed by atoms with Gasteiger partial charge in [0, 0.05) is 0 Å². The highest BCUT2D eigenvalue weighted by Crippen LogP contribution is 2.39. The molecule has 0 unspecified atom stereocenters. The summed E-state index contributed by atoms with van der Waals surface area (Å²) < 4.78 is 0. The second-order valence-electron chi connectivity index (χ2n) is 5.04. The quantitative estimate of drug-likeness (QED) is 0.489. The average molecular weight is 188 g/mol. The Morgan fingerprint density at radius 2 is 0.714 bits per heavy atom. The molecule has 0 saturated carbocycles. The molecule has 0 aromatic carbocycles. The molecule has 0 fully saturated rings. The predicted octanol–water partition coefficient (Wildman–Crippen LogP) is 4.54. The van der Waals surface area contributed by atoms with Crippen LogP contribution < -0.4 is 0 Å². The van der Waals surface area contributed by atoms with Crippen molar-refractivity contribution in [3.05, 3.63) is 33.4 Å². The second-order valence-corrected chi connectivity index (χ2v) is 5.04. The second kappa shape index (κ2) is 3.42. The first-order chi connectivity index (χ1) is 6.58. The van der Waals surface area contributed by atoms with Crippen molar-refractivity contribution in [2.75, 3.05) is 0 Å². The topological polar surface area (TPSA) is 0 Å². The van der Waals surface area contributed by atoms with Crippen molar-refractivity contribution >= 4 is 0 Å². The van der Waals surface area contributed by atoms with Crippen molar-refractivity contribution in [1.82, 2.24) is 0 Å². The van der Waals surface area contributed by atoms with E-state index < -0.39 is 0 Å². The van der Waals surface area contributed by atoms with E-state index in [-0.39, 0.29) is 0 Å². The first kappa shape index (κ1) is 9.76. The van der Waals surface area contributed by atoms with E-state index in [4.69, 9.17) is 0 Å². The third-order valence-corrected chi connectivity index (χ3v) is 3.87. The van der Waals surface area contributed by atoms with Gasteiger partial charge in [0.1, 0.15) is 0 Å². The van der Waals surface area contributed by atoms with Crippen molar-refractivity contribution in [3.63, 3.8) is 0 Å². The minimum Gasteiger partial charge on any atom is -0.0700 e. The highest BCUT2D eigenvalue weighted by Gasteiger charge is 2.20. The van der Waals surface area contributed by atoms with Crippen LogP contribution in [0, 0.1) is 0 Å². The van der Waals surface area contributed by atoms with Gasteiger partial charge in [-0.15, -0.1) is 0 Å². The summed E-state index contributed by atoms with van der Waals surface area (Å²) >= 11 is 0. The van der Waals surface area contributed by atoms with Gasteiger partial charge in [-0.2, -0.15) is 0 Å². The monoisotopic (exact) mass is 188 g/mol. The Labute approximate surface area is 87.4 Å². The molecule has 0 aliphatic heterocycles. The average Bonchev–Trinajstić information content (AvgIpc) is 2.60. The number of allylic oxidation sites excluding steroid dienone is 6. The maximum absolute atomic E-state index is 2.28. The van der Waals surface area contributed by atoms with E-state index in [0.29, 0.717) is 0 Å². The summed E-state index contributed by atoms with van der Waals surface area (Å²) in [4.78, 5) is 0. The fraction of sp³-hybridized carbons (Fsp3) is 0.571. The van der Waals surface area contributed by atoms with Crippen molar-refractivity contribution in [2.24, 2.45) is 0 Å². The first-order valence-electron chi connectivity index (χ1n) is 5.58. The minimum absolute atomic E-state index is 1.25. The van der Waals surface area contributed by atoms with Gasteiger partial charge in [-0.3, -0.25) is 0 Å². The van der Waals surface area contributed by atoms with Crippen LogP contribution in [0.25, 0.3) is 0 Å². The molecule has 2 aliphatic rings. The van der Waals surface area contributed by atoms with Crippen LogP contribution in [0.15, 0.2) is 33.4 Å². The molecule has 0 saturated heterocycles. The summed E-state index contributed by atoms with van der Waals surface area (Å²) in [5.41, 5.74) is 9.86. The van der Waals surface area contributed by atoms with Crippen LogP contribution in [0.4, 0.5) is 0 Å². The first-order valence-corrected chi connectivity index (χ1v) is 5.58. The van der Waals surface area contributed by atoms with Gasteiger partial charge < -0.3 is 0 Å². The Hall–Kier alpha value is -0.780. The lowest BCUT2D eigenvalue weighted by Crippen LogP contribution is -1.85. The smallest absolute Gasteiger partial charge is 0.0102 e. The molecule has 0 aromatic heterocycles. The van der Waals surface area contributed by atoms with Crippen LogP contribution in [0.2, 0.25) is 0 Å². The largest absolute Gasteiger partial charge is 0.0700 e. The fourth-order valence-electron chi connectivity index (χ4n) is 2.51. The van der Waals surface area contributed by atoms with Crippen molar-refractivity contribution in [1.29, 1.82) is 0 Å². The lowest BCUT2D eigenvalue weighted by atomic mass is 10.0. The summed E-state index contributed by atoms with van der Waals surface area (Å²) in [6.07, 6.45) is 5.01. The molecule has 0 aromatic rings. The van der Waals surface area contributed by atoms with E-state index in [0.717, 1.165) is 0 Å². The van der Waals surface area contributed by atoms with E-state index in [1.54, 1.807) is 33.4 Å². The summed E-state index contributed by atoms with van der Waals surface area (Å²) in [6.45, 7) is 9.13. The molecule has 0 N–H and O–H groups in total. The summed E-state index contributed by atoms with van der Waals surface area (Å²) in [7, 11) is 0. The Morgan fingerprint density at radius 1 is 0.500 bits per heavy atom. The number of hydrogen-bond acceptors (Lipinski definition) is 0. The lowest BCUT2D eigenvalue weighted by Gasteiger charge is -2.04. The molecule has 0 nitrogen and oxygen atoms in total. The molecule has 76 valence electrons. The van der Waals surface area contributed by atoms with Gasteiger partial charge in [-0.25, -0.2) is 0 Å². The maximum Gasteiger partial charge on any atom is -0.0102 e. The summed E-state index contributed by atoms with van der Waals surface area (Å²) in [5, 5.41) is 0. The molecule has 0 heteroatoms. The Kier molecular flexibility index (Phi) is 2.38. The molecular formula is C14H20. The third-order valence-electron chi connectivity index (χ3n) is 3.87. The molecule has 0 radical (unpaired) electrons. The highest BCUT2D eigenvalue weighted by molar-refractivity contribution is 5.41. The zero-order valence-electron chi connectivity index (χ0n) is 9.83. The zero-order valence-corrected chi connectivity index (χ0v) is 9.83. The van der Waals surface area contributed by atoms with E-state index >= 15 is 0 Å². The van der Waals surface area contributed by atoms with Gasteiger partial charge in [0.05, 0.1) is 0 Å². The Bertz CT molecular complexity index is 293. The van der Waals surface area contributed by atoms with E-state index in [1.807, 2.05) is 0 Å². The van der Waals surface area contributed by atoms with Gasteiger partial charge in [0.2, 0.25) is 0 Å². The zero-order chi connectivity index (χ0) is 10.3. The van der Waals surface area contributed by atoms with Crippen LogP contribution in [0.1, 0.15) is 53.4 Å². The molecule has 0 spiro atoms. The van der Waals surface area contributed by atoms with Crippen molar-refractivity contribution < 1.29 is 0 Å². The van der Waals surface area contributed by atoms with Crippen molar-refractivity contribution in [2.45, 2.75) is 53.4 Å². The van der Waals surface area contributed by atoms with Crippen LogP contribution in [0.3, 0.4) is 0 Å². The van der Waals surface area contributed by atoms with Crippen molar-refractivity contribution in [3.8, 4) is 0 Å². The lowest BCUT2D eigenvalue weighted by molar-refractivity contribution is 1.00. The van der Waals surface area contributed by atoms with Gasteiger partial charge in [-0.1, -0.05) is 33.4 Å². The Morgan fingerprint density at radius 3 is 0.929 bits per heavy atom. The molecule has 0 atom stereocenters. The molecule has 2 rings (SSSR count). The molecule has 2 aliphatic carbocycles. The highest BCUT2D eigenvalue weighted by atomic mass is 14.3. The molecule has 0 amide bonds. The normalized spacial score (nSPS) is 23.1. The SMILES string of the molecule is CC1=C(C)CC(=C2CC(C)=C(C)C2)C1. The van der Waals surface area contributed by atoms with E-state index in [2.05, 4.69) is 27.7 Å². The Balaban J connectivity index is 2.17. The van der Waals surface area contributed by atoms with Gasteiger partial charge in [0.15, 0.2) is 0 Å². The third kappa shape index (κ3) is 1.58. The van der Waals surface area contributed by atoms with E-state index in [9.17, 15) is 0 Å².